The van der Waals surface area contributed by atoms with E-state index in [9.17, 15) is 14.4 Å². The number of carbonyl (C=O) groups excluding carboxylic acids is 2. The van der Waals surface area contributed by atoms with Crippen molar-refractivity contribution in [1.82, 2.24) is 24.9 Å². The summed E-state index contributed by atoms with van der Waals surface area (Å²) in [4.78, 5) is 36.9. The van der Waals surface area contributed by atoms with Crippen LogP contribution in [0.4, 0.5) is 0 Å². The maximum absolute atomic E-state index is 12.6. The number of benzene rings is 1. The van der Waals surface area contributed by atoms with Crippen LogP contribution in [0.1, 0.15) is 17.0 Å². The number of ether oxygens (including phenoxy) is 1. The Bertz CT molecular complexity index is 1100. The molecule has 2 aromatic heterocycles. The average Bonchev–Trinajstić information content (AvgIpc) is 3.07. The van der Waals surface area contributed by atoms with E-state index in [1.807, 2.05) is 50.2 Å². The predicted molar refractivity (Wildman–Crippen MR) is 109 cm³/mol. The first-order valence-electron chi connectivity index (χ1n) is 9.40. The van der Waals surface area contributed by atoms with E-state index in [0.29, 0.717) is 5.82 Å². The van der Waals surface area contributed by atoms with Crippen molar-refractivity contribution in [1.29, 1.82) is 0 Å². The summed E-state index contributed by atoms with van der Waals surface area (Å²) in [5, 5.41) is 11.2. The number of carbonyl (C=O) groups is 2. The molecule has 0 aliphatic heterocycles. The van der Waals surface area contributed by atoms with Crippen LogP contribution in [0.3, 0.4) is 0 Å². The molecule has 0 bridgehead atoms. The van der Waals surface area contributed by atoms with E-state index in [1.165, 1.54) is 13.2 Å². The van der Waals surface area contributed by atoms with E-state index in [-0.39, 0.29) is 13.0 Å². The first-order valence-corrected chi connectivity index (χ1v) is 9.40. The molecule has 0 radical (unpaired) electrons. The van der Waals surface area contributed by atoms with Gasteiger partial charge in [0.25, 0.3) is 5.56 Å². The van der Waals surface area contributed by atoms with Gasteiger partial charge in [-0.2, -0.15) is 5.10 Å². The predicted octanol–water partition coefficient (Wildman–Crippen LogP) is 0.946. The first-order chi connectivity index (χ1) is 14.4. The van der Waals surface area contributed by atoms with Crippen LogP contribution in [0, 0.1) is 13.8 Å². The lowest BCUT2D eigenvalue weighted by atomic mass is 10.1. The van der Waals surface area contributed by atoms with E-state index in [2.05, 4.69) is 15.5 Å². The molecule has 9 heteroatoms. The normalized spacial score (nSPS) is 11.7. The van der Waals surface area contributed by atoms with Crippen molar-refractivity contribution in [3.05, 3.63) is 75.8 Å². The molecule has 1 N–H and O–H groups in total. The largest absolute Gasteiger partial charge is 0.467 e. The topological polar surface area (TPSA) is 108 Å². The summed E-state index contributed by atoms with van der Waals surface area (Å²) >= 11 is 0. The van der Waals surface area contributed by atoms with Crippen molar-refractivity contribution in [2.75, 3.05) is 7.11 Å². The third kappa shape index (κ3) is 4.99. The fourth-order valence-electron chi connectivity index (χ4n) is 3.09. The lowest BCUT2D eigenvalue weighted by Gasteiger charge is -2.17. The zero-order valence-electron chi connectivity index (χ0n) is 17.0. The zero-order valence-corrected chi connectivity index (χ0v) is 17.0. The summed E-state index contributed by atoms with van der Waals surface area (Å²) in [6, 6.07) is 13.1. The highest BCUT2D eigenvalue weighted by atomic mass is 16.5. The summed E-state index contributed by atoms with van der Waals surface area (Å²) in [7, 11) is 1.26. The molecule has 9 nitrogen and oxygen atoms in total. The number of methoxy groups -OCH3 is 1. The Kier molecular flexibility index (Phi) is 6.41. The third-order valence-corrected chi connectivity index (χ3v) is 4.48. The monoisotopic (exact) mass is 409 g/mol. The van der Waals surface area contributed by atoms with Crippen LogP contribution >= 0.6 is 0 Å². The fraction of sp³-hybridized carbons (Fsp3) is 0.286. The lowest BCUT2D eigenvalue weighted by molar-refractivity contribution is -0.145. The molecule has 0 fully saturated rings. The van der Waals surface area contributed by atoms with Crippen molar-refractivity contribution in [3.63, 3.8) is 0 Å². The molecule has 0 unspecified atom stereocenters. The number of rotatable bonds is 7. The third-order valence-electron chi connectivity index (χ3n) is 4.48. The number of aromatic nitrogens is 4. The molecular formula is C21H23N5O4. The van der Waals surface area contributed by atoms with Crippen molar-refractivity contribution < 1.29 is 14.3 Å². The maximum atomic E-state index is 12.6. The van der Waals surface area contributed by atoms with Crippen molar-refractivity contribution in [2.24, 2.45) is 0 Å². The second-order valence-corrected chi connectivity index (χ2v) is 6.86. The van der Waals surface area contributed by atoms with Crippen LogP contribution < -0.4 is 10.9 Å². The van der Waals surface area contributed by atoms with Crippen LogP contribution in [-0.4, -0.2) is 44.6 Å². The van der Waals surface area contributed by atoms with Gasteiger partial charge in [-0.25, -0.2) is 14.2 Å². The Hall–Kier alpha value is -3.75. The van der Waals surface area contributed by atoms with E-state index < -0.39 is 23.5 Å². The molecule has 30 heavy (non-hydrogen) atoms. The molecule has 1 atom stereocenters. The Morgan fingerprint density at radius 1 is 1.10 bits per heavy atom. The number of nitrogens with one attached hydrogen (secondary N) is 1. The first kappa shape index (κ1) is 21.0. The van der Waals surface area contributed by atoms with Gasteiger partial charge < -0.3 is 10.1 Å². The number of nitrogens with zero attached hydrogens (tertiary/aromatic N) is 4. The van der Waals surface area contributed by atoms with Gasteiger partial charge in [-0.1, -0.05) is 30.3 Å². The van der Waals surface area contributed by atoms with Gasteiger partial charge >= 0.3 is 5.97 Å². The van der Waals surface area contributed by atoms with E-state index in [1.54, 1.807) is 10.7 Å². The van der Waals surface area contributed by atoms with Gasteiger partial charge in [0.1, 0.15) is 12.6 Å². The molecule has 156 valence electrons. The number of amides is 1. The number of aryl methyl sites for hydroxylation is 2. The van der Waals surface area contributed by atoms with Crippen molar-refractivity contribution in [2.45, 2.75) is 32.9 Å². The van der Waals surface area contributed by atoms with Crippen molar-refractivity contribution in [3.8, 4) is 5.82 Å². The standard InChI is InChI=1S/C21H23N5O4/c1-14-11-15(2)26(23-14)18-9-10-20(28)25(24-18)13-19(27)22-17(21(29)30-3)12-16-7-5-4-6-8-16/h4-11,17H,12-13H2,1-3H3,(H,22,27)/t17-/m0/s1. The minimum absolute atomic E-state index is 0.271. The van der Waals surface area contributed by atoms with E-state index in [0.717, 1.165) is 21.6 Å². The van der Waals surface area contributed by atoms with Gasteiger partial charge in [0.15, 0.2) is 5.82 Å². The highest BCUT2D eigenvalue weighted by molar-refractivity contribution is 5.84. The van der Waals surface area contributed by atoms with Gasteiger partial charge in [0.05, 0.1) is 12.8 Å². The summed E-state index contributed by atoms with van der Waals surface area (Å²) < 4.78 is 7.44. The quantitative estimate of drug-likeness (QED) is 0.582. The molecule has 1 aromatic carbocycles. The molecule has 0 spiro atoms. The van der Waals surface area contributed by atoms with Crippen LogP contribution in [0.25, 0.3) is 5.82 Å². The summed E-state index contributed by atoms with van der Waals surface area (Å²) in [6.07, 6.45) is 0.271. The molecule has 3 aromatic rings. The van der Waals surface area contributed by atoms with Gasteiger partial charge in [-0.3, -0.25) is 9.59 Å². The minimum Gasteiger partial charge on any atom is -0.467 e. The highest BCUT2D eigenvalue weighted by Gasteiger charge is 2.22. The maximum Gasteiger partial charge on any atom is 0.328 e. The Morgan fingerprint density at radius 3 is 2.47 bits per heavy atom. The smallest absolute Gasteiger partial charge is 0.328 e. The molecule has 0 saturated heterocycles. The van der Waals surface area contributed by atoms with Gasteiger partial charge in [-0.15, -0.1) is 5.10 Å². The molecule has 3 rings (SSSR count). The van der Waals surface area contributed by atoms with Crippen LogP contribution in [-0.2, 0) is 27.3 Å². The van der Waals surface area contributed by atoms with Gasteiger partial charge in [0, 0.05) is 18.2 Å². The summed E-state index contributed by atoms with van der Waals surface area (Å²) in [5.74, 6) is -0.674. The van der Waals surface area contributed by atoms with Crippen LogP contribution in [0.5, 0.6) is 0 Å². The second kappa shape index (κ2) is 9.17. The van der Waals surface area contributed by atoms with Gasteiger partial charge in [-0.05, 0) is 31.5 Å². The molecular weight excluding hydrogens is 386 g/mol. The number of hydrogen-bond acceptors (Lipinski definition) is 6. The highest BCUT2D eigenvalue weighted by Crippen LogP contribution is 2.08. The van der Waals surface area contributed by atoms with E-state index in [4.69, 9.17) is 4.74 Å². The lowest BCUT2D eigenvalue weighted by Crippen LogP contribution is -2.45. The molecule has 0 aliphatic carbocycles. The Morgan fingerprint density at radius 2 is 1.83 bits per heavy atom. The summed E-state index contributed by atoms with van der Waals surface area (Å²) in [5.41, 5.74) is 2.10. The Labute approximate surface area is 173 Å². The number of hydrogen-bond donors (Lipinski definition) is 1. The molecule has 0 aliphatic rings. The second-order valence-electron chi connectivity index (χ2n) is 6.86. The molecule has 1 amide bonds. The molecule has 2 heterocycles. The Balaban J connectivity index is 1.77. The SMILES string of the molecule is COC(=O)[C@H](Cc1ccccc1)NC(=O)Cn1nc(-n2nc(C)cc2C)ccc1=O. The van der Waals surface area contributed by atoms with E-state index >= 15 is 0 Å². The van der Waals surface area contributed by atoms with Crippen LogP contribution in [0.15, 0.2) is 53.3 Å². The van der Waals surface area contributed by atoms with Gasteiger partial charge in [0.2, 0.25) is 5.91 Å². The van der Waals surface area contributed by atoms with Crippen molar-refractivity contribution >= 4 is 11.9 Å². The average molecular weight is 409 g/mol. The summed E-state index contributed by atoms with van der Waals surface area (Å²) in [6.45, 7) is 3.38. The number of esters is 1. The van der Waals surface area contributed by atoms with Crippen LogP contribution in [0.2, 0.25) is 0 Å². The zero-order chi connectivity index (χ0) is 21.7. The molecule has 0 saturated carbocycles. The minimum atomic E-state index is -0.875. The fourth-order valence-corrected chi connectivity index (χ4v) is 3.09.